The van der Waals surface area contributed by atoms with Crippen molar-refractivity contribution in [1.82, 2.24) is 25.2 Å². The van der Waals surface area contributed by atoms with Crippen molar-refractivity contribution in [2.24, 2.45) is 0 Å². The Morgan fingerprint density at radius 3 is 2.50 bits per heavy atom. The van der Waals surface area contributed by atoms with Gasteiger partial charge in [0.1, 0.15) is 10.3 Å². The largest absolute Gasteiger partial charge is 0.319 e. The zero-order valence-electron chi connectivity index (χ0n) is 16.5. The Morgan fingerprint density at radius 2 is 1.84 bits per heavy atom. The average molecular weight is 650 g/mol. The van der Waals surface area contributed by atoms with Gasteiger partial charge in [-0.3, -0.25) is 24.8 Å². The van der Waals surface area contributed by atoms with Crippen molar-refractivity contribution in [2.45, 2.75) is 6.92 Å². The molecule has 0 saturated heterocycles. The molecule has 0 atom stereocenters. The lowest BCUT2D eigenvalue weighted by molar-refractivity contribution is -0.129. The van der Waals surface area contributed by atoms with Crippen LogP contribution in [0.3, 0.4) is 0 Å². The van der Waals surface area contributed by atoms with Crippen molar-refractivity contribution in [3.8, 4) is 5.82 Å². The minimum absolute atomic E-state index is 0.119. The van der Waals surface area contributed by atoms with Crippen LogP contribution in [0, 0.1) is 0 Å². The van der Waals surface area contributed by atoms with Crippen LogP contribution in [-0.4, -0.2) is 44.5 Å². The van der Waals surface area contributed by atoms with Crippen molar-refractivity contribution < 1.29 is 14.4 Å². The molecule has 0 spiro atoms. The van der Waals surface area contributed by atoms with Gasteiger partial charge in [0, 0.05) is 35.2 Å². The molecule has 2 heterocycles. The summed E-state index contributed by atoms with van der Waals surface area (Å²) in [5, 5.41) is 8.31. The Morgan fingerprint density at radius 1 is 1.12 bits per heavy atom. The van der Waals surface area contributed by atoms with E-state index in [9.17, 15) is 14.4 Å². The number of hydrogen-bond donors (Lipinski definition) is 2. The van der Waals surface area contributed by atoms with Crippen LogP contribution < -0.4 is 10.7 Å². The van der Waals surface area contributed by atoms with Gasteiger partial charge in [-0.2, -0.15) is 5.10 Å². The molecule has 0 unspecified atom stereocenters. The van der Waals surface area contributed by atoms with Crippen LogP contribution in [0.25, 0.3) is 5.82 Å². The van der Waals surface area contributed by atoms with Crippen LogP contribution in [0.2, 0.25) is 5.02 Å². The highest BCUT2D eigenvalue weighted by molar-refractivity contribution is 9.11. The van der Waals surface area contributed by atoms with Gasteiger partial charge >= 0.3 is 0 Å². The molecule has 2 aromatic heterocycles. The third kappa shape index (κ3) is 5.37. The molecule has 32 heavy (non-hydrogen) atoms. The first-order valence-electron chi connectivity index (χ1n) is 8.80. The van der Waals surface area contributed by atoms with E-state index >= 15 is 0 Å². The number of carbonyl (C=O) groups is 3. The quantitative estimate of drug-likeness (QED) is 0.403. The first kappa shape index (κ1) is 24.4. The lowest BCUT2D eigenvalue weighted by atomic mass is 10.1. The third-order valence-corrected chi connectivity index (χ3v) is 5.90. The zero-order chi connectivity index (χ0) is 23.6. The van der Waals surface area contributed by atoms with Gasteiger partial charge in [-0.1, -0.05) is 27.5 Å². The van der Waals surface area contributed by atoms with Gasteiger partial charge in [0.15, 0.2) is 5.82 Å². The number of rotatable bonds is 4. The second-order valence-electron chi connectivity index (χ2n) is 6.36. The number of pyridine rings is 1. The topological polar surface area (TPSA) is 109 Å². The van der Waals surface area contributed by atoms with Crippen molar-refractivity contribution in [3.05, 3.63) is 66.4 Å². The Bertz CT molecular complexity index is 1230. The number of anilines is 1. The third-order valence-electron chi connectivity index (χ3n) is 4.13. The predicted molar refractivity (Wildman–Crippen MR) is 130 cm³/mol. The van der Waals surface area contributed by atoms with E-state index in [2.05, 4.69) is 68.6 Å². The maximum Gasteiger partial charge on any atom is 0.274 e. The fourth-order valence-corrected chi connectivity index (χ4v) is 4.46. The summed E-state index contributed by atoms with van der Waals surface area (Å²) in [5.41, 5.74) is 2.89. The summed E-state index contributed by atoms with van der Waals surface area (Å²) in [6, 6.07) is 7.97. The predicted octanol–water partition coefficient (Wildman–Crippen LogP) is 4.58. The van der Waals surface area contributed by atoms with Crippen LogP contribution in [-0.2, 0) is 4.79 Å². The lowest BCUT2D eigenvalue weighted by Crippen LogP contribution is -2.42. The number of carbonyl (C=O) groups excluding carboxylic acids is 3. The van der Waals surface area contributed by atoms with Crippen LogP contribution in [0.1, 0.15) is 27.8 Å². The molecular weight excluding hydrogens is 635 g/mol. The van der Waals surface area contributed by atoms with Gasteiger partial charge in [-0.15, -0.1) is 0 Å². The van der Waals surface area contributed by atoms with Gasteiger partial charge in [0.2, 0.25) is 5.91 Å². The molecule has 0 aliphatic heterocycles. The van der Waals surface area contributed by atoms with Gasteiger partial charge in [0.25, 0.3) is 11.8 Å². The van der Waals surface area contributed by atoms with E-state index in [1.807, 2.05) is 0 Å². The Kier molecular flexibility index (Phi) is 7.70. The maximum atomic E-state index is 13.2. The molecule has 13 heteroatoms. The Hall–Kier alpha value is -2.28. The number of nitrogens with one attached hydrogen (secondary N) is 2. The van der Waals surface area contributed by atoms with Gasteiger partial charge in [-0.25, -0.2) is 9.67 Å². The number of halogens is 4. The van der Waals surface area contributed by atoms with E-state index < -0.39 is 11.8 Å². The van der Waals surface area contributed by atoms with E-state index in [0.717, 1.165) is 5.01 Å². The standard InChI is InChI=1S/C19H14Br3ClN6O3/c1-9(30)28(2)27-18(31)11-6-10(20)7-12(21)16(11)25-19(32)14-8-15(22)26-29(14)17-13(23)4-3-5-24-17/h3-8H,1-2H3,(H,25,32)(H,27,31). The summed E-state index contributed by atoms with van der Waals surface area (Å²) in [6.45, 7) is 1.31. The number of hydrogen-bond acceptors (Lipinski definition) is 5. The summed E-state index contributed by atoms with van der Waals surface area (Å²) in [4.78, 5) is 41.6. The fraction of sp³-hybridized carbons (Fsp3) is 0.105. The van der Waals surface area contributed by atoms with E-state index in [1.54, 1.807) is 18.2 Å². The molecule has 3 rings (SSSR count). The summed E-state index contributed by atoms with van der Waals surface area (Å²) in [7, 11) is 1.41. The normalized spacial score (nSPS) is 10.6. The molecule has 3 amide bonds. The second kappa shape index (κ2) is 10.1. The fourth-order valence-electron chi connectivity index (χ4n) is 2.56. The second-order valence-corrected chi connectivity index (χ2v) is 9.35. The smallest absolute Gasteiger partial charge is 0.274 e. The summed E-state index contributed by atoms with van der Waals surface area (Å²) in [5.74, 6) is -1.26. The molecule has 0 aliphatic carbocycles. The first-order valence-corrected chi connectivity index (χ1v) is 11.6. The SMILES string of the molecule is CC(=O)N(C)NC(=O)c1cc(Br)cc(Br)c1NC(=O)c1cc(Br)nn1-c1ncccc1Cl. The average Bonchev–Trinajstić information content (AvgIpc) is 3.11. The van der Waals surface area contributed by atoms with Crippen molar-refractivity contribution in [3.63, 3.8) is 0 Å². The molecule has 3 aromatic rings. The van der Waals surface area contributed by atoms with Gasteiger partial charge in [-0.05, 0) is 56.1 Å². The molecule has 0 aliphatic rings. The first-order chi connectivity index (χ1) is 15.1. The van der Waals surface area contributed by atoms with Crippen molar-refractivity contribution in [1.29, 1.82) is 0 Å². The van der Waals surface area contributed by atoms with Gasteiger partial charge in [0.05, 0.1) is 16.3 Å². The van der Waals surface area contributed by atoms with E-state index in [0.29, 0.717) is 18.6 Å². The van der Waals surface area contributed by atoms with Crippen LogP contribution in [0.5, 0.6) is 0 Å². The van der Waals surface area contributed by atoms with Crippen molar-refractivity contribution >= 4 is 82.8 Å². The monoisotopic (exact) mass is 646 g/mol. The number of aromatic nitrogens is 3. The van der Waals surface area contributed by atoms with E-state index in [-0.39, 0.29) is 28.7 Å². The molecule has 166 valence electrons. The highest BCUT2D eigenvalue weighted by atomic mass is 79.9. The molecule has 0 bridgehead atoms. The van der Waals surface area contributed by atoms with E-state index in [4.69, 9.17) is 11.6 Å². The molecule has 9 nitrogen and oxygen atoms in total. The molecule has 0 fully saturated rings. The lowest BCUT2D eigenvalue weighted by Gasteiger charge is -2.19. The minimum Gasteiger partial charge on any atom is -0.319 e. The summed E-state index contributed by atoms with van der Waals surface area (Å²) in [6.07, 6.45) is 1.53. The van der Waals surface area contributed by atoms with Crippen molar-refractivity contribution in [2.75, 3.05) is 12.4 Å². The van der Waals surface area contributed by atoms with Gasteiger partial charge < -0.3 is 5.32 Å². The molecule has 1 aromatic carbocycles. The Balaban J connectivity index is 2.00. The molecule has 0 radical (unpaired) electrons. The van der Waals surface area contributed by atoms with Crippen LogP contribution in [0.15, 0.2) is 50.1 Å². The number of benzene rings is 1. The maximum absolute atomic E-state index is 13.2. The number of amides is 3. The zero-order valence-corrected chi connectivity index (χ0v) is 22.0. The van der Waals surface area contributed by atoms with E-state index in [1.165, 1.54) is 37.0 Å². The minimum atomic E-state index is -0.595. The van der Waals surface area contributed by atoms with Crippen LogP contribution in [0.4, 0.5) is 5.69 Å². The highest BCUT2D eigenvalue weighted by Crippen LogP contribution is 2.32. The molecule has 2 N–H and O–H groups in total. The highest BCUT2D eigenvalue weighted by Gasteiger charge is 2.23. The Labute approximate surface area is 212 Å². The summed E-state index contributed by atoms with van der Waals surface area (Å²) < 4.78 is 2.71. The molecule has 0 saturated carbocycles. The van der Waals surface area contributed by atoms with Crippen LogP contribution >= 0.6 is 59.4 Å². The number of nitrogens with zero attached hydrogens (tertiary/aromatic N) is 4. The molecular formula is C19H14Br3ClN6O3. The summed E-state index contributed by atoms with van der Waals surface area (Å²) >= 11 is 16.2. The number of hydrazine groups is 1.